The highest BCUT2D eigenvalue weighted by Gasteiger charge is 2.83. The zero-order chi connectivity index (χ0) is 12.3. The first-order valence-corrected chi connectivity index (χ1v) is 4.93. The lowest BCUT2D eigenvalue weighted by atomic mass is 10.0. The lowest BCUT2D eigenvalue weighted by Gasteiger charge is -2.26. The van der Waals surface area contributed by atoms with Gasteiger partial charge < -0.3 is 0 Å². The summed E-state index contributed by atoms with van der Waals surface area (Å²) in [6, 6.07) is 0. The van der Waals surface area contributed by atoms with Crippen LogP contribution in [0.2, 0.25) is 0 Å². The van der Waals surface area contributed by atoms with Gasteiger partial charge >= 0.3 is 11.4 Å². The number of alkyl halides is 7. The third-order valence-electron chi connectivity index (χ3n) is 2.05. The molecule has 10 heteroatoms. The summed E-state index contributed by atoms with van der Waals surface area (Å²) in [6.45, 7) is 0. The van der Waals surface area contributed by atoms with Crippen molar-refractivity contribution in [1.29, 1.82) is 0 Å². The molecule has 0 bridgehead atoms. The van der Waals surface area contributed by atoms with E-state index in [4.69, 9.17) is 0 Å². The molecular formula is C5H3F7O2S. The lowest BCUT2D eigenvalue weighted by molar-refractivity contribution is -0.276. The van der Waals surface area contributed by atoms with E-state index in [0.717, 1.165) is 0 Å². The van der Waals surface area contributed by atoms with Crippen LogP contribution in [0.25, 0.3) is 0 Å². The van der Waals surface area contributed by atoms with Crippen LogP contribution in [-0.2, 0) is 9.84 Å². The van der Waals surface area contributed by atoms with Gasteiger partial charge in [0.25, 0.3) is 15.5 Å². The molecule has 0 radical (unpaired) electrons. The van der Waals surface area contributed by atoms with Crippen LogP contribution in [-0.4, -0.2) is 31.0 Å². The van der Waals surface area contributed by atoms with Gasteiger partial charge in [0.05, 0.1) is 0 Å². The molecule has 1 aliphatic rings. The van der Waals surface area contributed by atoms with Gasteiger partial charge in [-0.2, -0.15) is 22.0 Å². The molecule has 15 heavy (non-hydrogen) atoms. The molecule has 0 saturated carbocycles. The van der Waals surface area contributed by atoms with E-state index >= 15 is 0 Å². The molecule has 2 unspecified atom stereocenters. The Balaban J connectivity index is 3.41. The molecule has 0 spiro atoms. The summed E-state index contributed by atoms with van der Waals surface area (Å²) in [7, 11) is -6.09. The summed E-state index contributed by atoms with van der Waals surface area (Å²) in [5.74, 6) is 0. The standard InChI is InChI=1S/C5H3F7O2S/c6-2-1-3(7,4(8,9)10)5(11,12)15(2,13)14/h2H,1H2. The molecule has 0 aromatic rings. The smallest absolute Gasteiger partial charge is 0.230 e. The maximum atomic E-state index is 12.8. The van der Waals surface area contributed by atoms with Gasteiger partial charge in [0.2, 0.25) is 5.50 Å². The van der Waals surface area contributed by atoms with Gasteiger partial charge in [0.15, 0.2) is 0 Å². The molecule has 0 aromatic carbocycles. The van der Waals surface area contributed by atoms with Crippen molar-refractivity contribution in [3.05, 3.63) is 0 Å². The van der Waals surface area contributed by atoms with Crippen LogP contribution < -0.4 is 0 Å². The van der Waals surface area contributed by atoms with E-state index in [1.807, 2.05) is 0 Å². The number of sulfone groups is 1. The van der Waals surface area contributed by atoms with Crippen LogP contribution in [0.1, 0.15) is 6.42 Å². The molecule has 0 N–H and O–H groups in total. The minimum atomic E-state index is -6.15. The van der Waals surface area contributed by atoms with Crippen LogP contribution in [0, 0.1) is 0 Å². The SMILES string of the molecule is O=S1(=O)C(F)CC(F)(C(F)(F)F)C1(F)F. The number of rotatable bonds is 0. The Morgan fingerprint density at radius 2 is 1.53 bits per heavy atom. The summed E-state index contributed by atoms with van der Waals surface area (Å²) in [4.78, 5) is 0. The minimum absolute atomic E-state index is 2.44. The van der Waals surface area contributed by atoms with E-state index in [9.17, 15) is 39.2 Å². The van der Waals surface area contributed by atoms with Crippen LogP contribution in [0.5, 0.6) is 0 Å². The molecule has 1 saturated heterocycles. The topological polar surface area (TPSA) is 34.1 Å². The minimum Gasteiger partial charge on any atom is -0.230 e. The normalized spacial score (nSPS) is 39.3. The first kappa shape index (κ1) is 12.5. The Morgan fingerprint density at radius 3 is 1.67 bits per heavy atom. The van der Waals surface area contributed by atoms with E-state index < -0.39 is 38.9 Å². The van der Waals surface area contributed by atoms with Crippen LogP contribution in [0.4, 0.5) is 30.7 Å². The number of halogens is 7. The van der Waals surface area contributed by atoms with E-state index in [0.29, 0.717) is 0 Å². The quantitative estimate of drug-likeness (QED) is 0.624. The molecule has 1 fully saturated rings. The van der Waals surface area contributed by atoms with Gasteiger partial charge in [-0.1, -0.05) is 0 Å². The molecule has 0 aliphatic carbocycles. The molecule has 1 rings (SSSR count). The maximum Gasteiger partial charge on any atom is 0.429 e. The van der Waals surface area contributed by atoms with Gasteiger partial charge in [-0.25, -0.2) is 17.2 Å². The monoisotopic (exact) mass is 260 g/mol. The molecule has 1 heterocycles. The Bertz CT molecular complexity index is 371. The average Bonchev–Trinajstić information content (AvgIpc) is 2.10. The van der Waals surface area contributed by atoms with Crippen molar-refractivity contribution < 1.29 is 39.2 Å². The van der Waals surface area contributed by atoms with Gasteiger partial charge in [-0.15, -0.1) is 0 Å². The Morgan fingerprint density at radius 1 is 1.13 bits per heavy atom. The second-order valence-corrected chi connectivity index (χ2v) is 5.09. The molecule has 2 nitrogen and oxygen atoms in total. The van der Waals surface area contributed by atoms with Crippen molar-refractivity contribution in [2.24, 2.45) is 0 Å². The predicted molar refractivity (Wildman–Crippen MR) is 33.3 cm³/mol. The van der Waals surface area contributed by atoms with Gasteiger partial charge in [-0.05, 0) is 0 Å². The number of hydrogen-bond acceptors (Lipinski definition) is 2. The lowest BCUT2D eigenvalue weighted by Crippen LogP contribution is -2.53. The Hall–Kier alpha value is -0.540. The van der Waals surface area contributed by atoms with Crippen molar-refractivity contribution in [2.45, 2.75) is 29.0 Å². The van der Waals surface area contributed by atoms with Crippen LogP contribution in [0.15, 0.2) is 0 Å². The van der Waals surface area contributed by atoms with E-state index in [1.54, 1.807) is 0 Å². The second-order valence-electron chi connectivity index (χ2n) is 2.97. The summed E-state index contributed by atoms with van der Waals surface area (Å²) < 4.78 is 107. The van der Waals surface area contributed by atoms with Gasteiger partial charge in [-0.3, -0.25) is 0 Å². The van der Waals surface area contributed by atoms with Gasteiger partial charge in [0, 0.05) is 6.42 Å². The highest BCUT2D eigenvalue weighted by molar-refractivity contribution is 7.93. The fraction of sp³-hybridized carbons (Fsp3) is 1.00. The summed E-state index contributed by atoms with van der Waals surface area (Å²) in [5, 5.41) is -5.79. The van der Waals surface area contributed by atoms with Crippen LogP contribution >= 0.6 is 0 Å². The van der Waals surface area contributed by atoms with Crippen molar-refractivity contribution in [2.75, 3.05) is 0 Å². The molecule has 0 aromatic heterocycles. The fourth-order valence-corrected chi connectivity index (χ4v) is 2.54. The van der Waals surface area contributed by atoms with E-state index in [-0.39, 0.29) is 0 Å². The summed E-state index contributed by atoms with van der Waals surface area (Å²) in [6.07, 6.45) is -8.59. The third-order valence-corrected chi connectivity index (χ3v) is 3.92. The largest absolute Gasteiger partial charge is 0.429 e. The Kier molecular flexibility index (Phi) is 2.31. The average molecular weight is 260 g/mol. The molecule has 1 aliphatic heterocycles. The van der Waals surface area contributed by atoms with Gasteiger partial charge in [0.1, 0.15) is 0 Å². The summed E-state index contributed by atoms with van der Waals surface area (Å²) in [5.41, 5.74) is -8.92. The van der Waals surface area contributed by atoms with E-state index in [2.05, 4.69) is 0 Å². The second kappa shape index (κ2) is 2.77. The van der Waals surface area contributed by atoms with Crippen molar-refractivity contribution >= 4 is 9.84 Å². The zero-order valence-electron chi connectivity index (χ0n) is 6.65. The van der Waals surface area contributed by atoms with Crippen molar-refractivity contribution in [1.82, 2.24) is 0 Å². The molecule has 2 atom stereocenters. The zero-order valence-corrected chi connectivity index (χ0v) is 7.47. The molecule has 0 amide bonds. The highest BCUT2D eigenvalue weighted by Crippen LogP contribution is 2.57. The van der Waals surface area contributed by atoms with E-state index in [1.165, 1.54) is 0 Å². The predicted octanol–water partition coefficient (Wildman–Crippen LogP) is 1.96. The first-order valence-electron chi connectivity index (χ1n) is 3.39. The third kappa shape index (κ3) is 1.26. The van der Waals surface area contributed by atoms with Crippen molar-refractivity contribution in [3.63, 3.8) is 0 Å². The summed E-state index contributed by atoms with van der Waals surface area (Å²) >= 11 is 0. The Labute approximate surface area is 79.0 Å². The number of hydrogen-bond donors (Lipinski definition) is 0. The first-order chi connectivity index (χ1) is 6.38. The maximum absolute atomic E-state index is 12.8. The van der Waals surface area contributed by atoms with Crippen molar-refractivity contribution in [3.8, 4) is 0 Å². The molecule has 90 valence electrons. The fourth-order valence-electron chi connectivity index (χ4n) is 1.12. The highest BCUT2D eigenvalue weighted by atomic mass is 32.2. The molecular weight excluding hydrogens is 257 g/mol. The van der Waals surface area contributed by atoms with Crippen LogP contribution in [0.3, 0.4) is 0 Å².